The van der Waals surface area contributed by atoms with Gasteiger partial charge in [0.25, 0.3) is 0 Å². The Labute approximate surface area is 294 Å². The number of fused-ring (bicyclic) bond motifs is 3. The maximum atomic E-state index is 9.55. The molecule has 9 rings (SSSR count). The largest absolute Gasteiger partial charge is 0.309 e. The van der Waals surface area contributed by atoms with Crippen molar-refractivity contribution in [1.29, 1.82) is 0 Å². The molecule has 0 spiro atoms. The summed E-state index contributed by atoms with van der Waals surface area (Å²) in [5.41, 5.74) is 6.18. The second-order valence-corrected chi connectivity index (χ2v) is 11.6. The minimum atomic E-state index is -0.437. The van der Waals surface area contributed by atoms with Gasteiger partial charge in [0.1, 0.15) is 0 Å². The van der Waals surface area contributed by atoms with E-state index >= 15 is 0 Å². The van der Waals surface area contributed by atoms with Gasteiger partial charge < -0.3 is 4.57 Å². The highest BCUT2D eigenvalue weighted by molar-refractivity contribution is 6.10. The Morgan fingerprint density at radius 3 is 1.39 bits per heavy atom. The maximum absolute atomic E-state index is 9.55. The smallest absolute Gasteiger partial charge is 0.164 e. The molecule has 0 unspecified atom stereocenters. The van der Waals surface area contributed by atoms with Crippen molar-refractivity contribution in [3.05, 3.63) is 182 Å². The summed E-state index contributed by atoms with van der Waals surface area (Å²) >= 11 is 0. The lowest BCUT2D eigenvalue weighted by molar-refractivity contribution is 1.07. The lowest BCUT2D eigenvalue weighted by atomic mass is 10.0. The minimum absolute atomic E-state index is 0.0709. The van der Waals surface area contributed by atoms with E-state index in [0.29, 0.717) is 34.3 Å². The van der Waals surface area contributed by atoms with Crippen molar-refractivity contribution >= 4 is 21.8 Å². The SMILES string of the molecule is [2H]c1c([2H])c([2H])c2c(c1[2H])c1c([2H])c([2H])c(-c3ccc(-c4nc(-c5ccccc5)nc(-c5ccc(-c6ccccc6)cc5)n4)cc3)c([2H])c1n2-c1ccccc1. The molecule has 0 aliphatic rings. The number of benzene rings is 7. The molecule has 7 aromatic carbocycles. The van der Waals surface area contributed by atoms with Crippen LogP contribution in [0.25, 0.3) is 83.9 Å². The number of aromatic nitrogens is 4. The molecule has 49 heavy (non-hydrogen) atoms. The van der Waals surface area contributed by atoms with E-state index in [1.54, 1.807) is 41.0 Å². The van der Waals surface area contributed by atoms with Crippen LogP contribution < -0.4 is 0 Å². The molecule has 4 heteroatoms. The van der Waals surface area contributed by atoms with Crippen molar-refractivity contribution in [3.8, 4) is 62.1 Å². The average Bonchev–Trinajstić information content (AvgIpc) is 3.62. The fourth-order valence-corrected chi connectivity index (χ4v) is 6.07. The van der Waals surface area contributed by atoms with Gasteiger partial charge in [-0.1, -0.05) is 158 Å². The summed E-state index contributed by atoms with van der Waals surface area (Å²) in [5.74, 6) is 1.46. The highest BCUT2D eigenvalue weighted by Gasteiger charge is 2.15. The van der Waals surface area contributed by atoms with Crippen LogP contribution in [0.1, 0.15) is 9.60 Å². The summed E-state index contributed by atoms with van der Waals surface area (Å²) in [6, 6.07) is 42.2. The van der Waals surface area contributed by atoms with E-state index in [2.05, 4.69) is 12.1 Å². The average molecular weight is 634 g/mol. The molecule has 0 saturated carbocycles. The van der Waals surface area contributed by atoms with Crippen LogP contribution in [0.15, 0.2) is 182 Å². The number of hydrogen-bond acceptors (Lipinski definition) is 3. The van der Waals surface area contributed by atoms with Crippen molar-refractivity contribution in [1.82, 2.24) is 19.5 Å². The van der Waals surface area contributed by atoms with Gasteiger partial charge >= 0.3 is 0 Å². The quantitative estimate of drug-likeness (QED) is 0.183. The Bertz CT molecular complexity index is 2950. The molecule has 4 nitrogen and oxygen atoms in total. The first-order chi connectivity index (χ1) is 27.2. The Hall–Kier alpha value is -6.65. The van der Waals surface area contributed by atoms with Crippen LogP contribution in [0.2, 0.25) is 0 Å². The zero-order valence-electron chi connectivity index (χ0n) is 33.1. The molecular weight excluding hydrogens is 597 g/mol. The number of rotatable bonds is 6. The second kappa shape index (κ2) is 12.2. The lowest BCUT2D eigenvalue weighted by Crippen LogP contribution is -2.00. The van der Waals surface area contributed by atoms with Crippen LogP contribution in [0.5, 0.6) is 0 Å². The number of nitrogens with zero attached hydrogens (tertiary/aromatic N) is 4. The molecule has 0 atom stereocenters. The van der Waals surface area contributed by atoms with Gasteiger partial charge in [-0.3, -0.25) is 0 Å². The minimum Gasteiger partial charge on any atom is -0.309 e. The molecule has 0 bridgehead atoms. The second-order valence-electron chi connectivity index (χ2n) is 11.6. The van der Waals surface area contributed by atoms with Crippen LogP contribution >= 0.6 is 0 Å². The van der Waals surface area contributed by atoms with Crippen molar-refractivity contribution in [2.45, 2.75) is 0 Å². The summed E-state index contributed by atoms with van der Waals surface area (Å²) in [7, 11) is 0. The molecule has 9 aromatic rings. The Kier molecular flexibility index (Phi) is 5.47. The van der Waals surface area contributed by atoms with Gasteiger partial charge in [-0.2, -0.15) is 0 Å². The van der Waals surface area contributed by atoms with Crippen LogP contribution in [-0.4, -0.2) is 19.5 Å². The molecule has 0 amide bonds. The predicted octanol–water partition coefficient (Wildman–Crippen LogP) is 11.3. The first-order valence-electron chi connectivity index (χ1n) is 19.4. The van der Waals surface area contributed by atoms with Crippen molar-refractivity contribution in [2.75, 3.05) is 0 Å². The first kappa shape index (κ1) is 22.0. The van der Waals surface area contributed by atoms with Gasteiger partial charge in [-0.25, -0.2) is 15.0 Å². The summed E-state index contributed by atoms with van der Waals surface area (Å²) in [6.45, 7) is 0. The van der Waals surface area contributed by atoms with Gasteiger partial charge in [0, 0.05) is 33.2 Å². The molecule has 0 N–H and O–H groups in total. The Balaban J connectivity index is 1.19. The number of hydrogen-bond donors (Lipinski definition) is 0. The molecular formula is C45H30N4. The van der Waals surface area contributed by atoms with Crippen molar-refractivity contribution in [3.63, 3.8) is 0 Å². The predicted molar refractivity (Wildman–Crippen MR) is 201 cm³/mol. The summed E-state index contributed by atoms with van der Waals surface area (Å²) in [6.07, 6.45) is 0. The zero-order valence-corrected chi connectivity index (χ0v) is 26.1. The summed E-state index contributed by atoms with van der Waals surface area (Å²) in [4.78, 5) is 14.6. The third kappa shape index (κ3) is 5.35. The molecule has 230 valence electrons. The molecule has 0 saturated heterocycles. The third-order valence-electron chi connectivity index (χ3n) is 8.52. The Morgan fingerprint density at radius 2 is 0.796 bits per heavy atom. The Morgan fingerprint density at radius 1 is 0.367 bits per heavy atom. The van der Waals surface area contributed by atoms with Gasteiger partial charge in [-0.15, -0.1) is 0 Å². The number of para-hydroxylation sites is 2. The summed E-state index contributed by atoms with van der Waals surface area (Å²) < 4.78 is 64.0. The standard InChI is InChI=1S/C45H30N4/c1-4-12-31(13-5-1)32-20-24-35(25-21-32)44-46-43(34-14-6-2-7-15-34)47-45(48-44)36-26-22-33(23-27-36)37-28-29-40-39-18-10-11-19-41(39)49(42(40)30-37)38-16-8-3-9-17-38/h1-30H/i10D,11D,18D,19D,28D,29D,30D. The molecule has 0 aliphatic carbocycles. The van der Waals surface area contributed by atoms with Gasteiger partial charge in [-0.05, 0) is 46.5 Å². The highest BCUT2D eigenvalue weighted by Crippen LogP contribution is 2.35. The fraction of sp³-hybridized carbons (Fsp3) is 0. The van der Waals surface area contributed by atoms with Crippen molar-refractivity contribution < 1.29 is 9.60 Å². The van der Waals surface area contributed by atoms with E-state index in [1.165, 1.54) is 0 Å². The molecule has 0 aliphatic heterocycles. The van der Waals surface area contributed by atoms with E-state index in [4.69, 9.17) is 21.8 Å². The maximum Gasteiger partial charge on any atom is 0.164 e. The van der Waals surface area contributed by atoms with Gasteiger partial charge in [0.05, 0.1) is 20.6 Å². The van der Waals surface area contributed by atoms with E-state index < -0.39 is 12.1 Å². The normalized spacial score (nSPS) is 13.3. The van der Waals surface area contributed by atoms with Crippen LogP contribution in [0.4, 0.5) is 0 Å². The fourth-order valence-electron chi connectivity index (χ4n) is 6.07. The highest BCUT2D eigenvalue weighted by atomic mass is 15.0. The molecule has 2 heterocycles. The van der Waals surface area contributed by atoms with Crippen LogP contribution in [0, 0.1) is 0 Å². The van der Waals surface area contributed by atoms with E-state index in [-0.39, 0.29) is 57.6 Å². The monoisotopic (exact) mass is 633 g/mol. The molecule has 2 aromatic heterocycles. The summed E-state index contributed by atoms with van der Waals surface area (Å²) in [5, 5.41) is 0.243. The van der Waals surface area contributed by atoms with E-state index in [1.807, 2.05) is 91.0 Å². The molecule has 0 radical (unpaired) electrons. The van der Waals surface area contributed by atoms with Gasteiger partial charge in [0.15, 0.2) is 17.5 Å². The van der Waals surface area contributed by atoms with Gasteiger partial charge in [0.2, 0.25) is 0 Å². The molecule has 0 fully saturated rings. The van der Waals surface area contributed by atoms with Crippen molar-refractivity contribution in [2.24, 2.45) is 0 Å². The lowest BCUT2D eigenvalue weighted by Gasteiger charge is -2.10. The zero-order chi connectivity index (χ0) is 38.7. The first-order valence-corrected chi connectivity index (χ1v) is 15.9. The van der Waals surface area contributed by atoms with E-state index in [9.17, 15) is 2.74 Å². The topological polar surface area (TPSA) is 43.6 Å². The third-order valence-corrected chi connectivity index (χ3v) is 8.52. The van der Waals surface area contributed by atoms with Crippen LogP contribution in [-0.2, 0) is 0 Å². The van der Waals surface area contributed by atoms with E-state index in [0.717, 1.165) is 22.3 Å². The van der Waals surface area contributed by atoms with Crippen LogP contribution in [0.3, 0.4) is 0 Å².